The van der Waals surface area contributed by atoms with Crippen molar-refractivity contribution in [3.8, 4) is 5.69 Å². The van der Waals surface area contributed by atoms with Crippen LogP contribution in [0.3, 0.4) is 0 Å². The Hall–Kier alpha value is -2.03. The van der Waals surface area contributed by atoms with Crippen LogP contribution in [0.1, 0.15) is 18.2 Å². The fraction of sp³-hybridized carbons (Fsp3) is 0.214. The number of anilines is 1. The second kappa shape index (κ2) is 4.45. The van der Waals surface area contributed by atoms with Crippen molar-refractivity contribution in [3.63, 3.8) is 0 Å². The molecule has 3 heteroatoms. The maximum absolute atomic E-state index is 12.1. The van der Waals surface area contributed by atoms with Gasteiger partial charge in [0.25, 0.3) is 5.56 Å². The summed E-state index contributed by atoms with van der Waals surface area (Å²) >= 11 is 0. The number of nitrogen functional groups attached to an aromatic ring is 1. The number of hydrogen-bond acceptors (Lipinski definition) is 2. The summed E-state index contributed by atoms with van der Waals surface area (Å²) in [5.41, 5.74) is 8.81. The van der Waals surface area contributed by atoms with E-state index in [-0.39, 0.29) is 11.2 Å². The molecule has 0 bridgehead atoms. The van der Waals surface area contributed by atoms with Crippen molar-refractivity contribution in [2.24, 2.45) is 0 Å². The molecule has 17 heavy (non-hydrogen) atoms. The second-order valence-electron chi connectivity index (χ2n) is 4.11. The van der Waals surface area contributed by atoms with Crippen LogP contribution in [0, 0.1) is 6.92 Å². The lowest BCUT2D eigenvalue weighted by Gasteiger charge is -2.12. The number of nitrogens with two attached hydrogens (primary N) is 1. The minimum absolute atomic E-state index is 0.145. The Morgan fingerprint density at radius 2 is 1.76 bits per heavy atom. The van der Waals surface area contributed by atoms with Crippen LogP contribution >= 0.6 is 0 Å². The number of nitrogens with zero attached hydrogens (tertiary/aromatic N) is 1. The summed E-state index contributed by atoms with van der Waals surface area (Å²) in [7, 11) is 0. The molecule has 0 atom stereocenters. The third kappa shape index (κ3) is 2.09. The Morgan fingerprint density at radius 1 is 1.12 bits per heavy atom. The normalized spacial score (nSPS) is 10.5. The van der Waals surface area contributed by atoms with Crippen LogP contribution in [-0.4, -0.2) is 4.57 Å². The van der Waals surface area contributed by atoms with Crippen LogP contribution in [0.5, 0.6) is 0 Å². The molecule has 0 amide bonds. The molecule has 0 spiro atoms. The highest BCUT2D eigenvalue weighted by Gasteiger charge is 2.07. The van der Waals surface area contributed by atoms with Crippen molar-refractivity contribution in [2.75, 3.05) is 5.73 Å². The number of aryl methyl sites for hydroxylation is 2. The fourth-order valence-corrected chi connectivity index (χ4v) is 1.84. The summed E-state index contributed by atoms with van der Waals surface area (Å²) in [5.74, 6) is 0. The zero-order valence-electron chi connectivity index (χ0n) is 10.1. The van der Waals surface area contributed by atoms with Crippen LogP contribution in [0.4, 0.5) is 5.69 Å². The first kappa shape index (κ1) is 11.5. The van der Waals surface area contributed by atoms with Crippen molar-refractivity contribution >= 4 is 5.69 Å². The minimum atomic E-state index is -0.145. The Labute approximate surface area is 101 Å². The summed E-state index contributed by atoms with van der Waals surface area (Å²) in [4.78, 5) is 12.1. The van der Waals surface area contributed by atoms with Gasteiger partial charge in [-0.15, -0.1) is 0 Å². The summed E-state index contributed by atoms with van der Waals surface area (Å²) < 4.78 is 1.68. The van der Waals surface area contributed by atoms with Crippen LogP contribution < -0.4 is 11.3 Å². The van der Waals surface area contributed by atoms with E-state index >= 15 is 0 Å². The maximum atomic E-state index is 12.1. The molecule has 0 aliphatic carbocycles. The van der Waals surface area contributed by atoms with E-state index in [2.05, 4.69) is 0 Å². The average molecular weight is 228 g/mol. The molecule has 0 radical (unpaired) electrons. The predicted octanol–water partition coefficient (Wildman–Crippen LogP) is 2.29. The molecule has 88 valence electrons. The molecule has 0 aliphatic heterocycles. The largest absolute Gasteiger partial charge is 0.394 e. The number of benzene rings is 1. The maximum Gasteiger partial charge on any atom is 0.278 e. The quantitative estimate of drug-likeness (QED) is 0.857. The van der Waals surface area contributed by atoms with Crippen LogP contribution in [0.25, 0.3) is 5.69 Å². The zero-order valence-corrected chi connectivity index (χ0v) is 10.1. The highest BCUT2D eigenvalue weighted by Crippen LogP contribution is 2.12. The second-order valence-corrected chi connectivity index (χ2v) is 4.11. The molecule has 3 nitrogen and oxygen atoms in total. The first-order valence-electron chi connectivity index (χ1n) is 5.71. The molecular formula is C14H16N2O. The smallest absolute Gasteiger partial charge is 0.278 e. The van der Waals surface area contributed by atoms with Crippen LogP contribution in [0.15, 0.2) is 41.2 Å². The SMILES string of the molecule is CCc1ccc(N)c(=O)n1-c1ccc(C)cc1. The lowest BCUT2D eigenvalue weighted by molar-refractivity contribution is 0.879. The van der Waals surface area contributed by atoms with E-state index in [0.29, 0.717) is 0 Å². The molecule has 2 rings (SSSR count). The van der Waals surface area contributed by atoms with E-state index in [0.717, 1.165) is 17.8 Å². The van der Waals surface area contributed by atoms with Gasteiger partial charge in [0.2, 0.25) is 0 Å². The van der Waals surface area contributed by atoms with Gasteiger partial charge in [-0.3, -0.25) is 9.36 Å². The van der Waals surface area contributed by atoms with E-state index in [9.17, 15) is 4.79 Å². The van der Waals surface area contributed by atoms with Crippen molar-refractivity contribution in [2.45, 2.75) is 20.3 Å². The van der Waals surface area contributed by atoms with Gasteiger partial charge in [-0.25, -0.2) is 0 Å². The van der Waals surface area contributed by atoms with Crippen molar-refractivity contribution < 1.29 is 0 Å². The van der Waals surface area contributed by atoms with E-state index < -0.39 is 0 Å². The molecule has 0 saturated carbocycles. The van der Waals surface area contributed by atoms with Gasteiger partial charge in [-0.1, -0.05) is 24.6 Å². The Morgan fingerprint density at radius 3 is 2.35 bits per heavy atom. The van der Waals surface area contributed by atoms with Gasteiger partial charge in [0.1, 0.15) is 0 Å². The predicted molar refractivity (Wildman–Crippen MR) is 70.6 cm³/mol. The van der Waals surface area contributed by atoms with Crippen LogP contribution in [0.2, 0.25) is 0 Å². The third-order valence-electron chi connectivity index (χ3n) is 2.85. The van der Waals surface area contributed by atoms with Gasteiger partial charge < -0.3 is 5.73 Å². The Kier molecular flexibility index (Phi) is 3.00. The van der Waals surface area contributed by atoms with Gasteiger partial charge in [0, 0.05) is 11.4 Å². The highest BCUT2D eigenvalue weighted by molar-refractivity contribution is 5.43. The molecule has 0 saturated heterocycles. The molecule has 2 aromatic rings. The molecule has 0 fully saturated rings. The number of pyridine rings is 1. The zero-order chi connectivity index (χ0) is 12.4. The first-order valence-corrected chi connectivity index (χ1v) is 5.71. The molecule has 2 N–H and O–H groups in total. The molecule has 1 aromatic carbocycles. The molecule has 1 aromatic heterocycles. The summed E-state index contributed by atoms with van der Waals surface area (Å²) in [6.45, 7) is 4.04. The minimum Gasteiger partial charge on any atom is -0.394 e. The topological polar surface area (TPSA) is 48.0 Å². The van der Waals surface area contributed by atoms with Gasteiger partial charge in [-0.05, 0) is 37.6 Å². The van der Waals surface area contributed by atoms with Gasteiger partial charge in [0.15, 0.2) is 0 Å². The number of aromatic nitrogens is 1. The monoisotopic (exact) mass is 228 g/mol. The number of hydrogen-bond donors (Lipinski definition) is 1. The average Bonchev–Trinajstić information content (AvgIpc) is 2.34. The lowest BCUT2D eigenvalue weighted by Crippen LogP contribution is -2.24. The van der Waals surface area contributed by atoms with E-state index in [1.165, 1.54) is 5.56 Å². The van der Waals surface area contributed by atoms with Crippen molar-refractivity contribution in [3.05, 3.63) is 58.0 Å². The molecule has 0 aliphatic rings. The van der Waals surface area contributed by atoms with Crippen molar-refractivity contribution in [1.82, 2.24) is 4.57 Å². The van der Waals surface area contributed by atoms with E-state index in [4.69, 9.17) is 5.73 Å². The van der Waals surface area contributed by atoms with E-state index in [1.807, 2.05) is 44.2 Å². The van der Waals surface area contributed by atoms with Gasteiger partial charge >= 0.3 is 0 Å². The lowest BCUT2D eigenvalue weighted by atomic mass is 10.2. The summed E-state index contributed by atoms with van der Waals surface area (Å²) in [5, 5.41) is 0. The Bertz CT molecular complexity index is 582. The van der Waals surface area contributed by atoms with Gasteiger partial charge in [-0.2, -0.15) is 0 Å². The Balaban J connectivity index is 2.69. The van der Waals surface area contributed by atoms with Crippen LogP contribution in [-0.2, 0) is 6.42 Å². The van der Waals surface area contributed by atoms with E-state index in [1.54, 1.807) is 10.6 Å². The molecular weight excluding hydrogens is 212 g/mol. The van der Waals surface area contributed by atoms with Crippen molar-refractivity contribution in [1.29, 1.82) is 0 Å². The fourth-order valence-electron chi connectivity index (χ4n) is 1.84. The third-order valence-corrected chi connectivity index (χ3v) is 2.85. The summed E-state index contributed by atoms with van der Waals surface area (Å²) in [6.07, 6.45) is 0.795. The molecule has 0 unspecified atom stereocenters. The molecule has 1 heterocycles. The summed E-state index contributed by atoms with van der Waals surface area (Å²) in [6, 6.07) is 11.4. The highest BCUT2D eigenvalue weighted by atomic mass is 16.1. The van der Waals surface area contributed by atoms with Gasteiger partial charge in [0.05, 0.1) is 5.69 Å². The first-order chi connectivity index (χ1) is 8.13. The standard InChI is InChI=1S/C14H16N2O/c1-3-11-8-9-13(15)14(17)16(11)12-6-4-10(2)5-7-12/h4-9H,3,15H2,1-2H3. The number of rotatable bonds is 2.